The van der Waals surface area contributed by atoms with Crippen molar-refractivity contribution in [3.8, 4) is 0 Å². The van der Waals surface area contributed by atoms with Crippen LogP contribution in [0.1, 0.15) is 12.7 Å². The fraction of sp³-hybridized carbons (Fsp3) is 0.200. The van der Waals surface area contributed by atoms with Gasteiger partial charge in [0.15, 0.2) is 0 Å². The number of aromatic nitrogens is 2. The van der Waals surface area contributed by atoms with Crippen molar-refractivity contribution in [2.24, 2.45) is 0 Å². The van der Waals surface area contributed by atoms with Crippen LogP contribution >= 0.6 is 23.2 Å². The zero-order valence-corrected chi connectivity index (χ0v) is 9.49. The van der Waals surface area contributed by atoms with Crippen molar-refractivity contribution < 1.29 is 0 Å². The van der Waals surface area contributed by atoms with E-state index in [4.69, 9.17) is 23.2 Å². The van der Waals surface area contributed by atoms with Gasteiger partial charge in [-0.2, -0.15) is 0 Å². The Labute approximate surface area is 96.1 Å². The maximum absolute atomic E-state index is 11.7. The number of nitrogens with zero attached hydrogens (tertiary/aromatic N) is 1. The topological polar surface area (TPSA) is 45.8 Å². The molecule has 0 atom stereocenters. The van der Waals surface area contributed by atoms with Gasteiger partial charge < -0.3 is 4.98 Å². The lowest BCUT2D eigenvalue weighted by Gasteiger charge is -2.02. The van der Waals surface area contributed by atoms with Gasteiger partial charge in [-0.15, -0.1) is 0 Å². The number of aromatic amines is 1. The summed E-state index contributed by atoms with van der Waals surface area (Å²) in [5.41, 5.74) is 0.294. The molecule has 1 N–H and O–H groups in total. The van der Waals surface area contributed by atoms with Crippen molar-refractivity contribution >= 4 is 34.1 Å². The fourth-order valence-electron chi connectivity index (χ4n) is 1.38. The molecule has 1 heterocycles. The highest BCUT2D eigenvalue weighted by molar-refractivity contribution is 6.38. The predicted octanol–water partition coefficient (Wildman–Crippen LogP) is 2.79. The highest BCUT2D eigenvalue weighted by atomic mass is 35.5. The zero-order chi connectivity index (χ0) is 11.0. The van der Waals surface area contributed by atoms with Crippen molar-refractivity contribution in [1.29, 1.82) is 0 Å². The van der Waals surface area contributed by atoms with Crippen LogP contribution in [0.15, 0.2) is 16.9 Å². The Balaban J connectivity index is 2.91. The molecule has 0 aliphatic rings. The van der Waals surface area contributed by atoms with Crippen LogP contribution in [0.2, 0.25) is 10.0 Å². The van der Waals surface area contributed by atoms with E-state index in [1.165, 1.54) is 0 Å². The molecule has 0 saturated heterocycles. The first-order chi connectivity index (χ1) is 7.11. The second-order valence-corrected chi connectivity index (χ2v) is 3.99. The number of benzene rings is 1. The third-order valence-electron chi connectivity index (χ3n) is 2.11. The third kappa shape index (κ3) is 1.85. The van der Waals surface area contributed by atoms with Gasteiger partial charge in [0.05, 0.1) is 15.9 Å². The Bertz CT molecular complexity index is 577. The van der Waals surface area contributed by atoms with Crippen LogP contribution in [-0.2, 0) is 6.42 Å². The van der Waals surface area contributed by atoms with Crippen molar-refractivity contribution in [3.63, 3.8) is 0 Å². The SMILES string of the molecule is CCc1nc2c(Cl)cc(Cl)cc2c(=O)[nH]1. The number of nitrogens with one attached hydrogen (secondary N) is 1. The standard InChI is InChI=1S/C10H8Cl2N2O/c1-2-8-13-9-6(10(15)14-8)3-5(11)4-7(9)12/h3-4H,2H2,1H3,(H,13,14,15). The fourth-order valence-corrected chi connectivity index (χ4v) is 1.92. The summed E-state index contributed by atoms with van der Waals surface area (Å²) in [6.07, 6.45) is 0.657. The number of rotatable bonds is 1. The number of fused-ring (bicyclic) bond motifs is 1. The molecule has 0 fully saturated rings. The van der Waals surface area contributed by atoms with Gasteiger partial charge in [0.1, 0.15) is 5.82 Å². The lowest BCUT2D eigenvalue weighted by Crippen LogP contribution is -2.11. The van der Waals surface area contributed by atoms with Crippen LogP contribution in [-0.4, -0.2) is 9.97 Å². The van der Waals surface area contributed by atoms with E-state index in [-0.39, 0.29) is 5.56 Å². The maximum Gasteiger partial charge on any atom is 0.258 e. The summed E-state index contributed by atoms with van der Waals surface area (Å²) >= 11 is 11.8. The first kappa shape index (κ1) is 10.5. The van der Waals surface area contributed by atoms with Gasteiger partial charge in [-0.1, -0.05) is 30.1 Å². The van der Waals surface area contributed by atoms with Gasteiger partial charge in [0.25, 0.3) is 5.56 Å². The van der Waals surface area contributed by atoms with E-state index in [1.54, 1.807) is 12.1 Å². The van der Waals surface area contributed by atoms with Crippen molar-refractivity contribution in [2.75, 3.05) is 0 Å². The van der Waals surface area contributed by atoms with Gasteiger partial charge in [0, 0.05) is 11.4 Å². The molecular formula is C10H8Cl2N2O. The minimum absolute atomic E-state index is 0.207. The highest BCUT2D eigenvalue weighted by Gasteiger charge is 2.07. The molecule has 0 unspecified atom stereocenters. The number of hydrogen-bond donors (Lipinski definition) is 1. The predicted molar refractivity (Wildman–Crippen MR) is 61.8 cm³/mol. The van der Waals surface area contributed by atoms with E-state index in [1.807, 2.05) is 6.92 Å². The molecule has 78 valence electrons. The summed E-state index contributed by atoms with van der Waals surface area (Å²) < 4.78 is 0. The van der Waals surface area contributed by atoms with E-state index >= 15 is 0 Å². The number of aryl methyl sites for hydroxylation is 1. The molecule has 0 amide bonds. The van der Waals surface area contributed by atoms with E-state index in [0.29, 0.717) is 33.2 Å². The summed E-state index contributed by atoms with van der Waals surface area (Å²) in [6.45, 7) is 1.91. The molecule has 5 heteroatoms. The van der Waals surface area contributed by atoms with Gasteiger partial charge in [0.2, 0.25) is 0 Å². The molecule has 1 aromatic carbocycles. The Kier molecular flexibility index (Phi) is 2.67. The number of halogens is 2. The van der Waals surface area contributed by atoms with E-state index in [9.17, 15) is 4.79 Å². The van der Waals surface area contributed by atoms with Crippen LogP contribution in [0.5, 0.6) is 0 Å². The Morgan fingerprint density at radius 3 is 2.80 bits per heavy atom. The van der Waals surface area contributed by atoms with Gasteiger partial charge >= 0.3 is 0 Å². The second kappa shape index (κ2) is 3.83. The average Bonchev–Trinajstić information content (AvgIpc) is 2.19. The molecule has 2 rings (SSSR count). The van der Waals surface area contributed by atoms with Gasteiger partial charge in [-0.25, -0.2) is 4.98 Å². The van der Waals surface area contributed by atoms with Crippen LogP contribution < -0.4 is 5.56 Å². The molecule has 0 bridgehead atoms. The number of hydrogen-bond acceptors (Lipinski definition) is 2. The van der Waals surface area contributed by atoms with E-state index < -0.39 is 0 Å². The molecule has 0 saturated carbocycles. The molecule has 0 radical (unpaired) electrons. The summed E-state index contributed by atoms with van der Waals surface area (Å²) in [4.78, 5) is 18.6. The highest BCUT2D eigenvalue weighted by Crippen LogP contribution is 2.24. The summed E-state index contributed by atoms with van der Waals surface area (Å²) in [6, 6.07) is 3.14. The lowest BCUT2D eigenvalue weighted by atomic mass is 10.2. The van der Waals surface area contributed by atoms with Gasteiger partial charge in [-0.05, 0) is 12.1 Å². The molecule has 0 aliphatic carbocycles. The smallest absolute Gasteiger partial charge is 0.258 e. The molecule has 15 heavy (non-hydrogen) atoms. The minimum Gasteiger partial charge on any atom is -0.310 e. The van der Waals surface area contributed by atoms with Gasteiger partial charge in [-0.3, -0.25) is 4.79 Å². The minimum atomic E-state index is -0.207. The lowest BCUT2D eigenvalue weighted by molar-refractivity contribution is 0.944. The quantitative estimate of drug-likeness (QED) is 0.836. The normalized spacial score (nSPS) is 10.9. The summed E-state index contributed by atoms with van der Waals surface area (Å²) in [5, 5.41) is 1.26. The van der Waals surface area contributed by atoms with E-state index in [2.05, 4.69) is 9.97 Å². The van der Waals surface area contributed by atoms with Crippen molar-refractivity contribution in [3.05, 3.63) is 38.4 Å². The zero-order valence-electron chi connectivity index (χ0n) is 7.97. The van der Waals surface area contributed by atoms with Crippen LogP contribution in [0.25, 0.3) is 10.9 Å². The molecule has 2 aromatic rings. The van der Waals surface area contributed by atoms with Crippen LogP contribution in [0.3, 0.4) is 0 Å². The van der Waals surface area contributed by atoms with Crippen molar-refractivity contribution in [1.82, 2.24) is 9.97 Å². The number of H-pyrrole nitrogens is 1. The molecular weight excluding hydrogens is 235 g/mol. The van der Waals surface area contributed by atoms with Crippen LogP contribution in [0, 0.1) is 0 Å². The summed E-state index contributed by atoms with van der Waals surface area (Å²) in [5.74, 6) is 0.622. The van der Waals surface area contributed by atoms with Crippen LogP contribution in [0.4, 0.5) is 0 Å². The first-order valence-electron chi connectivity index (χ1n) is 4.49. The second-order valence-electron chi connectivity index (χ2n) is 3.15. The molecule has 3 nitrogen and oxygen atoms in total. The summed E-state index contributed by atoms with van der Waals surface area (Å²) in [7, 11) is 0. The first-order valence-corrected chi connectivity index (χ1v) is 5.25. The largest absolute Gasteiger partial charge is 0.310 e. The molecule has 0 spiro atoms. The third-order valence-corrected chi connectivity index (χ3v) is 2.62. The average molecular weight is 243 g/mol. The molecule has 0 aliphatic heterocycles. The van der Waals surface area contributed by atoms with E-state index in [0.717, 1.165) is 0 Å². The monoisotopic (exact) mass is 242 g/mol. The Hall–Kier alpha value is -1.06. The Morgan fingerprint density at radius 2 is 2.13 bits per heavy atom. The van der Waals surface area contributed by atoms with Crippen molar-refractivity contribution in [2.45, 2.75) is 13.3 Å². The maximum atomic E-state index is 11.7. The molecule has 1 aromatic heterocycles. The Morgan fingerprint density at radius 1 is 1.40 bits per heavy atom.